The van der Waals surface area contributed by atoms with Crippen molar-refractivity contribution in [2.45, 2.75) is 64.8 Å². The third kappa shape index (κ3) is 21.0. The molecule has 0 unspecified atom stereocenters. The normalized spacial score (nSPS) is 11.4. The first-order valence-electron chi connectivity index (χ1n) is 46.3. The van der Waals surface area contributed by atoms with E-state index in [9.17, 15) is 0 Å². The van der Waals surface area contributed by atoms with Gasteiger partial charge in [-0.3, -0.25) is 39.9 Å². The number of benzene rings is 12. The second-order valence-electron chi connectivity index (χ2n) is 33.4. The van der Waals surface area contributed by atoms with Gasteiger partial charge in [-0.15, -0.1) is 154 Å². The van der Waals surface area contributed by atoms with Crippen molar-refractivity contribution in [3.8, 4) is 101 Å². The number of hydrogen-bond acceptors (Lipinski definition) is 10. The molecule has 0 bridgehead atoms. The number of para-hydroxylation sites is 4. The average Bonchev–Trinajstić information content (AvgIpc) is 1.55. The van der Waals surface area contributed by atoms with Gasteiger partial charge in [-0.05, 0) is 96.6 Å². The molecule has 0 atom stereocenters. The van der Waals surface area contributed by atoms with Crippen molar-refractivity contribution in [1.82, 2.24) is 44.4 Å². The fourth-order valence-corrected chi connectivity index (χ4v) is 19.4. The molecule has 0 spiro atoms. The van der Waals surface area contributed by atoms with E-state index in [0.717, 1.165) is 240 Å². The van der Waals surface area contributed by atoms with Crippen LogP contribution in [0, 0.1) is 24.3 Å². The van der Waals surface area contributed by atoms with E-state index < -0.39 is 0 Å². The summed E-state index contributed by atoms with van der Waals surface area (Å²) in [5.41, 5.74) is 33.6. The number of aryl methyl sites for hydroxylation is 1. The number of aromatic nitrogens is 9. The molecule has 141 heavy (non-hydrogen) atoms. The molecule has 0 fully saturated rings. The quantitative estimate of drug-likeness (QED) is 0.0472. The van der Waals surface area contributed by atoms with Crippen LogP contribution in [0.2, 0.25) is 0 Å². The molecule has 0 amide bonds. The zero-order chi connectivity index (χ0) is 92.2. The topological polar surface area (TPSA) is 178 Å². The Morgan fingerprint density at radius 2 is 0.652 bits per heavy atom. The van der Waals surface area contributed by atoms with Crippen LogP contribution in [0.25, 0.3) is 187 Å². The Bertz CT molecular complexity index is 7970. The Kier molecular flexibility index (Phi) is 31.2. The minimum Gasteiger partial charge on any atom is -0.657 e. The summed E-state index contributed by atoms with van der Waals surface area (Å²) >= 11 is 1.75. The monoisotopic (exact) mass is 2020 g/mol. The number of thiophene rings is 1. The SMILES string of the molecule is CCCC1(CCC)c2ccc(-c3[c-]c(-c4ccccn4)ccc3)nc2-c2c([N-]c3ccccc3)cccc21.CCCn1c2ccc(-c3[c-]c(-c4ccccn4)ccc3)nc2c2c([N-]c3ccccc3)cccc21.[Ni+2].[Ni+2].[Ni+2].[Ni+2].[c-]1c(-c2ccccn2)cccc1-c1ccc2oc3cccc([N-]c4ccccc4)c3c2n1.[c-]1c(-c2ccccn2)cccc1-c1ccc2sc3cccc([N-]c4ccccc4)c3c2n1. The Hall–Kier alpha value is -15.2. The number of nitrogens with zero attached hydrogens (tertiary/aromatic N) is 13. The van der Waals surface area contributed by atoms with E-state index >= 15 is 0 Å². The molecule has 0 saturated heterocycles. The van der Waals surface area contributed by atoms with Gasteiger partial charge in [-0.2, -0.15) is 0 Å². The smallest absolute Gasteiger partial charge is 0.657 e. The van der Waals surface area contributed by atoms with E-state index in [1.807, 2.05) is 267 Å². The predicted octanol–water partition coefficient (Wildman–Crippen LogP) is 34.4. The van der Waals surface area contributed by atoms with Gasteiger partial charge in [0.2, 0.25) is 0 Å². The van der Waals surface area contributed by atoms with Crippen LogP contribution in [0.1, 0.15) is 64.0 Å². The molecule has 0 N–H and O–H groups in total. The number of rotatable bonds is 22. The van der Waals surface area contributed by atoms with Crippen molar-refractivity contribution in [3.63, 3.8) is 0 Å². The third-order valence-electron chi connectivity index (χ3n) is 24.4. The number of fused-ring (bicyclic) bond motifs is 12. The molecule has 0 radical (unpaired) electrons. The van der Waals surface area contributed by atoms with E-state index in [4.69, 9.17) is 45.6 Å². The van der Waals surface area contributed by atoms with Gasteiger partial charge in [0.1, 0.15) is 11.1 Å². The third-order valence-corrected chi connectivity index (χ3v) is 25.5. The summed E-state index contributed by atoms with van der Waals surface area (Å²) in [4.78, 5) is 38.5. The zero-order valence-electron chi connectivity index (χ0n) is 76.9. The molecule has 11 aromatic heterocycles. The minimum atomic E-state index is -0.0402. The molecular weight excluding hydrogens is 1930 g/mol. The minimum absolute atomic E-state index is 0. The van der Waals surface area contributed by atoms with Crippen molar-refractivity contribution in [2.75, 3.05) is 0 Å². The summed E-state index contributed by atoms with van der Waals surface area (Å²) in [6.45, 7) is 7.70. The van der Waals surface area contributed by atoms with Gasteiger partial charge in [0.05, 0.1) is 26.9 Å². The van der Waals surface area contributed by atoms with Gasteiger partial charge in [0, 0.05) is 109 Å². The molecular formula is C122H89N13Ni4OS. The molecule has 19 heteroatoms. The summed E-state index contributed by atoms with van der Waals surface area (Å²) < 4.78 is 10.8. The summed E-state index contributed by atoms with van der Waals surface area (Å²) in [6, 6.07) is 144. The summed E-state index contributed by atoms with van der Waals surface area (Å²) in [5, 5.41) is 22.9. The standard InChI is InChI=1S/C35H31N3.C31H24N4.C28H17N3O.C28H17N3S.4Ni/c1-3-21-35(22-4-2)28-16-11-18-32(37-27-14-6-5-7-15-27)33(28)34-29(35)19-20-31(38-34)26-13-10-12-25(24-26)30-17-8-9-23-36-30;1-2-20-35-28-16-9-15-27(33-24-12-4-3-5-13-24)30(28)31-29(35)18-17-26(34-31)23-11-8-10-22(21-23)25-14-6-7-19-32-25;2*1-2-10-21(11-3-1)30-24-13-7-14-25-27(24)28-26(32-25)16-15-23(31-28)20-9-6-8-19(18-20)22-12-4-5-17-29-22;;;;/h5-20,23H,3-4,21-22H2,1-2H3;3-19H,2,20H2,1H3;2*1-17H;;;;/q4*-2;4*+2. The van der Waals surface area contributed by atoms with Crippen molar-refractivity contribution in [2.24, 2.45) is 0 Å². The molecule has 0 saturated carbocycles. The van der Waals surface area contributed by atoms with E-state index in [0.29, 0.717) is 0 Å². The maximum absolute atomic E-state index is 6.07. The van der Waals surface area contributed by atoms with Crippen molar-refractivity contribution in [1.29, 1.82) is 0 Å². The van der Waals surface area contributed by atoms with Crippen LogP contribution in [-0.2, 0) is 77.9 Å². The Labute approximate surface area is 864 Å². The largest absolute Gasteiger partial charge is 2.00 e. The summed E-state index contributed by atoms with van der Waals surface area (Å²) in [7, 11) is 0. The van der Waals surface area contributed by atoms with Gasteiger partial charge in [-0.1, -0.05) is 333 Å². The van der Waals surface area contributed by atoms with Crippen LogP contribution >= 0.6 is 11.3 Å². The van der Waals surface area contributed by atoms with E-state index in [-0.39, 0.29) is 71.4 Å². The molecule has 11 heterocycles. The average molecular weight is 2020 g/mol. The van der Waals surface area contributed by atoms with Crippen LogP contribution in [-0.4, -0.2) is 44.4 Å². The molecule has 23 aromatic rings. The van der Waals surface area contributed by atoms with Gasteiger partial charge in [0.25, 0.3) is 0 Å². The van der Waals surface area contributed by atoms with E-state index in [1.54, 1.807) is 29.9 Å². The molecule has 14 nitrogen and oxygen atoms in total. The maximum Gasteiger partial charge on any atom is 2.00 e. The Morgan fingerprint density at radius 1 is 0.277 bits per heavy atom. The summed E-state index contributed by atoms with van der Waals surface area (Å²) in [6.07, 6.45) is 12.7. The Balaban J connectivity index is 0.000000129. The predicted molar refractivity (Wildman–Crippen MR) is 563 cm³/mol. The number of pyridine rings is 8. The molecule has 0 aliphatic heterocycles. The fraction of sp³-hybridized carbons (Fsp3) is 0.0820. The first-order valence-corrected chi connectivity index (χ1v) is 47.1. The first-order chi connectivity index (χ1) is 67.7. The molecule has 1 aliphatic carbocycles. The number of furan rings is 1. The molecule has 1 aliphatic rings. The van der Waals surface area contributed by atoms with Crippen LogP contribution in [0.15, 0.2) is 417 Å². The van der Waals surface area contributed by atoms with Crippen LogP contribution < -0.4 is 0 Å². The zero-order valence-corrected chi connectivity index (χ0v) is 81.7. The summed E-state index contributed by atoms with van der Waals surface area (Å²) in [5.74, 6) is 0. The fourth-order valence-electron chi connectivity index (χ4n) is 18.4. The van der Waals surface area contributed by atoms with Crippen LogP contribution in [0.5, 0.6) is 0 Å². The van der Waals surface area contributed by atoms with Gasteiger partial charge in [-0.25, -0.2) is 0 Å². The van der Waals surface area contributed by atoms with Crippen molar-refractivity contribution in [3.05, 3.63) is 470 Å². The number of hydrogen-bond donors (Lipinski definition) is 0. The van der Waals surface area contributed by atoms with Crippen LogP contribution in [0.4, 0.5) is 45.5 Å². The van der Waals surface area contributed by atoms with Crippen molar-refractivity contribution >= 4 is 121 Å². The van der Waals surface area contributed by atoms with Crippen LogP contribution in [0.3, 0.4) is 0 Å². The van der Waals surface area contributed by atoms with Gasteiger partial charge in [0.15, 0.2) is 5.58 Å². The maximum atomic E-state index is 6.07. The van der Waals surface area contributed by atoms with Gasteiger partial charge >= 0.3 is 66.0 Å². The van der Waals surface area contributed by atoms with E-state index in [1.165, 1.54) is 21.4 Å². The molecule has 12 aromatic carbocycles. The van der Waals surface area contributed by atoms with Crippen molar-refractivity contribution < 1.29 is 70.4 Å². The Morgan fingerprint density at radius 3 is 1.11 bits per heavy atom. The molecule has 24 rings (SSSR count). The second kappa shape index (κ2) is 45.2. The second-order valence-corrected chi connectivity index (χ2v) is 34.5. The first kappa shape index (κ1) is 97.5. The van der Waals surface area contributed by atoms with Gasteiger partial charge < -0.3 is 30.3 Å². The molecule has 694 valence electrons. The van der Waals surface area contributed by atoms with E-state index in [2.05, 4.69) is 197 Å².